The summed E-state index contributed by atoms with van der Waals surface area (Å²) in [4.78, 5) is 23.1. The molecule has 7 heteroatoms. The molecular formula is C29H38N6O. The van der Waals surface area contributed by atoms with Gasteiger partial charge in [-0.3, -0.25) is 4.79 Å². The number of benzene rings is 1. The number of anilines is 2. The molecule has 2 aliphatic rings. The molecule has 1 fully saturated rings. The van der Waals surface area contributed by atoms with Gasteiger partial charge in [-0.15, -0.1) is 0 Å². The van der Waals surface area contributed by atoms with Gasteiger partial charge >= 0.3 is 0 Å². The van der Waals surface area contributed by atoms with Crippen LogP contribution in [0.2, 0.25) is 0 Å². The minimum absolute atomic E-state index is 0.0633. The highest BCUT2D eigenvalue weighted by Crippen LogP contribution is 2.31. The molecule has 0 radical (unpaired) electrons. The monoisotopic (exact) mass is 486 g/mol. The largest absolute Gasteiger partial charge is 0.358 e. The minimum Gasteiger partial charge on any atom is -0.358 e. The second-order valence-corrected chi connectivity index (χ2v) is 10.1. The Balaban J connectivity index is 1.39. The lowest BCUT2D eigenvalue weighted by Gasteiger charge is -2.31. The van der Waals surface area contributed by atoms with Crippen LogP contribution < -0.4 is 16.0 Å². The molecule has 36 heavy (non-hydrogen) atoms. The lowest BCUT2D eigenvalue weighted by molar-refractivity contribution is -0.123. The Hall–Kier alpha value is -3.35. The minimum atomic E-state index is -0.343. The van der Waals surface area contributed by atoms with Gasteiger partial charge in [0, 0.05) is 25.0 Å². The lowest BCUT2D eigenvalue weighted by Crippen LogP contribution is -2.43. The molecule has 0 saturated heterocycles. The fourth-order valence-corrected chi connectivity index (χ4v) is 5.71. The first-order valence-corrected chi connectivity index (χ1v) is 13.6. The molecule has 0 bridgehead atoms. The number of hydrogen-bond donors (Lipinski definition) is 3. The van der Waals surface area contributed by atoms with Crippen LogP contribution in [-0.4, -0.2) is 33.0 Å². The van der Waals surface area contributed by atoms with E-state index >= 15 is 0 Å². The van der Waals surface area contributed by atoms with Crippen molar-refractivity contribution in [3.05, 3.63) is 66.0 Å². The first-order valence-electron chi connectivity index (χ1n) is 13.6. The number of aryl methyl sites for hydroxylation is 1. The van der Waals surface area contributed by atoms with Crippen LogP contribution in [-0.2, 0) is 11.2 Å². The Bertz CT molecular complexity index is 1140. The van der Waals surface area contributed by atoms with Crippen molar-refractivity contribution in [1.29, 1.82) is 0 Å². The molecule has 0 unspecified atom stereocenters. The number of amides is 1. The van der Waals surface area contributed by atoms with E-state index < -0.39 is 0 Å². The molecule has 5 rings (SSSR count). The second kappa shape index (κ2) is 11.6. The van der Waals surface area contributed by atoms with E-state index in [0.29, 0.717) is 17.7 Å². The number of nitrogens with zero attached hydrogens (tertiary/aromatic N) is 3. The van der Waals surface area contributed by atoms with Crippen molar-refractivity contribution in [2.24, 2.45) is 5.92 Å². The highest BCUT2D eigenvalue weighted by molar-refractivity contribution is 5.85. The van der Waals surface area contributed by atoms with E-state index in [-0.39, 0.29) is 18.0 Å². The van der Waals surface area contributed by atoms with Crippen LogP contribution in [0.3, 0.4) is 0 Å². The maximum Gasteiger partial charge on any atom is 0.243 e. The van der Waals surface area contributed by atoms with Crippen LogP contribution in [0, 0.1) is 5.92 Å². The third kappa shape index (κ3) is 5.89. The molecule has 190 valence electrons. The molecule has 1 amide bonds. The Kier molecular flexibility index (Phi) is 7.84. The Morgan fingerprint density at radius 1 is 1.03 bits per heavy atom. The highest BCUT2D eigenvalue weighted by atomic mass is 16.2. The molecule has 2 aliphatic carbocycles. The van der Waals surface area contributed by atoms with E-state index in [1.54, 1.807) is 0 Å². The first kappa shape index (κ1) is 24.3. The predicted octanol–water partition coefficient (Wildman–Crippen LogP) is 5.64. The standard InChI is InChI=1S/C29H38N6O/c1-2-30-29-33-26(20-27(34-29)35-17-8-9-18-35)31-25(19-21-11-4-3-5-12-21)28(36)32-24-16-10-14-22-13-6-7-15-23(22)24/h6-9,13,15,17-18,20-21,24-25H,2-5,10-12,14,16,19H2,1H3,(H,32,36)(H2,30,31,33,34)/t24-,25-/m1/s1. The Morgan fingerprint density at radius 2 is 1.83 bits per heavy atom. The highest BCUT2D eigenvalue weighted by Gasteiger charge is 2.29. The van der Waals surface area contributed by atoms with Gasteiger partial charge in [-0.2, -0.15) is 9.97 Å². The van der Waals surface area contributed by atoms with Crippen LogP contribution in [0.15, 0.2) is 54.9 Å². The summed E-state index contributed by atoms with van der Waals surface area (Å²) in [5, 5.41) is 10.2. The van der Waals surface area contributed by atoms with Gasteiger partial charge in [-0.05, 0) is 61.8 Å². The van der Waals surface area contributed by atoms with Gasteiger partial charge in [0.05, 0.1) is 6.04 Å². The average Bonchev–Trinajstić information content (AvgIpc) is 3.45. The number of carbonyl (C=O) groups excluding carboxylic acids is 1. The number of rotatable bonds is 9. The molecule has 3 aromatic rings. The van der Waals surface area contributed by atoms with Gasteiger partial charge in [-0.25, -0.2) is 0 Å². The van der Waals surface area contributed by atoms with Crippen molar-refractivity contribution < 1.29 is 4.79 Å². The summed E-state index contributed by atoms with van der Waals surface area (Å²) in [7, 11) is 0. The van der Waals surface area contributed by atoms with Crippen LogP contribution in [0.25, 0.3) is 5.82 Å². The van der Waals surface area contributed by atoms with Crippen molar-refractivity contribution in [3.63, 3.8) is 0 Å². The maximum absolute atomic E-state index is 13.8. The SMILES string of the molecule is CCNc1nc(N[C@H](CC2CCCCC2)C(=O)N[C@@H]2CCCc3ccccc32)cc(-n2cccc2)n1. The third-order valence-electron chi connectivity index (χ3n) is 7.53. The molecule has 0 aliphatic heterocycles. The van der Waals surface area contributed by atoms with Crippen molar-refractivity contribution >= 4 is 17.7 Å². The van der Waals surface area contributed by atoms with Gasteiger partial charge in [-0.1, -0.05) is 56.4 Å². The van der Waals surface area contributed by atoms with E-state index in [4.69, 9.17) is 4.98 Å². The van der Waals surface area contributed by atoms with Crippen molar-refractivity contribution in [2.75, 3.05) is 17.2 Å². The van der Waals surface area contributed by atoms with E-state index in [1.807, 2.05) is 42.1 Å². The molecule has 7 nitrogen and oxygen atoms in total. The molecule has 1 saturated carbocycles. The molecule has 0 spiro atoms. The summed E-state index contributed by atoms with van der Waals surface area (Å²) in [5.74, 6) is 2.62. The molecule has 1 aromatic carbocycles. The summed E-state index contributed by atoms with van der Waals surface area (Å²) in [5.41, 5.74) is 2.62. The molecular weight excluding hydrogens is 448 g/mol. The van der Waals surface area contributed by atoms with Crippen molar-refractivity contribution in [3.8, 4) is 5.82 Å². The fraction of sp³-hybridized carbons (Fsp3) is 0.483. The van der Waals surface area contributed by atoms with Crippen molar-refractivity contribution in [2.45, 2.75) is 76.8 Å². The van der Waals surface area contributed by atoms with E-state index in [2.05, 4.69) is 45.2 Å². The first-order chi connectivity index (χ1) is 17.7. The van der Waals surface area contributed by atoms with Crippen LogP contribution >= 0.6 is 0 Å². The third-order valence-corrected chi connectivity index (χ3v) is 7.53. The predicted molar refractivity (Wildman–Crippen MR) is 144 cm³/mol. The number of hydrogen-bond acceptors (Lipinski definition) is 5. The number of aromatic nitrogens is 3. The normalized spacial score (nSPS) is 18.8. The van der Waals surface area contributed by atoms with Crippen LogP contribution in [0.5, 0.6) is 0 Å². The number of nitrogens with one attached hydrogen (secondary N) is 3. The topological polar surface area (TPSA) is 83.9 Å². The molecule has 2 heterocycles. The Labute approximate surface area is 214 Å². The summed E-state index contributed by atoms with van der Waals surface area (Å²) in [6.45, 7) is 2.75. The van der Waals surface area contributed by atoms with Crippen LogP contribution in [0.1, 0.15) is 75.5 Å². The maximum atomic E-state index is 13.8. The smallest absolute Gasteiger partial charge is 0.243 e. The van der Waals surface area contributed by atoms with E-state index in [0.717, 1.165) is 38.0 Å². The number of carbonyl (C=O) groups is 1. The summed E-state index contributed by atoms with van der Waals surface area (Å²) >= 11 is 0. The fourth-order valence-electron chi connectivity index (χ4n) is 5.71. The summed E-state index contributed by atoms with van der Waals surface area (Å²) in [6, 6.07) is 14.1. The van der Waals surface area contributed by atoms with Crippen LogP contribution in [0.4, 0.5) is 11.8 Å². The summed E-state index contributed by atoms with van der Waals surface area (Å²) < 4.78 is 1.96. The second-order valence-electron chi connectivity index (χ2n) is 10.1. The van der Waals surface area contributed by atoms with Gasteiger partial charge < -0.3 is 20.5 Å². The van der Waals surface area contributed by atoms with Crippen molar-refractivity contribution in [1.82, 2.24) is 19.9 Å². The zero-order valence-corrected chi connectivity index (χ0v) is 21.2. The van der Waals surface area contributed by atoms with E-state index in [1.165, 1.54) is 43.2 Å². The van der Waals surface area contributed by atoms with Gasteiger partial charge in [0.2, 0.25) is 11.9 Å². The lowest BCUT2D eigenvalue weighted by atomic mass is 9.84. The van der Waals surface area contributed by atoms with Gasteiger partial charge in [0.15, 0.2) is 0 Å². The van der Waals surface area contributed by atoms with E-state index in [9.17, 15) is 4.79 Å². The number of fused-ring (bicyclic) bond motifs is 1. The Morgan fingerprint density at radius 3 is 2.64 bits per heavy atom. The average molecular weight is 487 g/mol. The summed E-state index contributed by atoms with van der Waals surface area (Å²) in [6.07, 6.45) is 14.1. The molecule has 3 N–H and O–H groups in total. The molecule has 2 atom stereocenters. The quantitative estimate of drug-likeness (QED) is 0.364. The molecule has 2 aromatic heterocycles. The van der Waals surface area contributed by atoms with Gasteiger partial charge in [0.25, 0.3) is 0 Å². The zero-order chi connectivity index (χ0) is 24.7. The van der Waals surface area contributed by atoms with Gasteiger partial charge in [0.1, 0.15) is 17.7 Å². The zero-order valence-electron chi connectivity index (χ0n) is 21.2.